The maximum atomic E-state index is 12.8. The van der Waals surface area contributed by atoms with Crippen LogP contribution in [0.2, 0.25) is 0 Å². The average Bonchev–Trinajstić information content (AvgIpc) is 3.11. The molecule has 1 aliphatic heterocycles. The van der Waals surface area contributed by atoms with E-state index < -0.39 is 0 Å². The lowest BCUT2D eigenvalue weighted by molar-refractivity contribution is -0.121. The van der Waals surface area contributed by atoms with Crippen LogP contribution in [-0.4, -0.2) is 31.0 Å². The van der Waals surface area contributed by atoms with Gasteiger partial charge in [-0.2, -0.15) is 5.26 Å². The van der Waals surface area contributed by atoms with Crippen LogP contribution in [0, 0.1) is 24.2 Å². The zero-order valence-corrected chi connectivity index (χ0v) is 13.9. The van der Waals surface area contributed by atoms with Crippen molar-refractivity contribution in [2.24, 2.45) is 5.92 Å². The van der Waals surface area contributed by atoms with Crippen molar-refractivity contribution in [1.29, 1.82) is 5.26 Å². The molecule has 5 heteroatoms. The lowest BCUT2D eigenvalue weighted by Crippen LogP contribution is -2.34. The fraction of sp³-hybridized carbons (Fsp3) is 0.316. The van der Waals surface area contributed by atoms with Crippen molar-refractivity contribution < 1.29 is 4.79 Å². The lowest BCUT2D eigenvalue weighted by atomic mass is 10.1. The Morgan fingerprint density at radius 1 is 1.29 bits per heavy atom. The minimum Gasteiger partial charge on any atom is -0.355 e. The first-order valence-corrected chi connectivity index (χ1v) is 8.05. The first kappa shape index (κ1) is 16.0. The molecule has 0 saturated carbocycles. The van der Waals surface area contributed by atoms with Crippen molar-refractivity contribution in [1.82, 2.24) is 4.98 Å². The summed E-state index contributed by atoms with van der Waals surface area (Å²) in [5, 5.41) is 9.29. The number of carbonyl (C=O) groups is 1. The summed E-state index contributed by atoms with van der Waals surface area (Å²) < 4.78 is 0. The molecule has 1 fully saturated rings. The van der Waals surface area contributed by atoms with Gasteiger partial charge in [0.1, 0.15) is 11.9 Å². The van der Waals surface area contributed by atoms with E-state index in [1.54, 1.807) is 11.0 Å². The summed E-state index contributed by atoms with van der Waals surface area (Å²) in [6, 6.07) is 15.5. The van der Waals surface area contributed by atoms with Crippen LogP contribution in [0.15, 0.2) is 42.5 Å². The van der Waals surface area contributed by atoms with E-state index >= 15 is 0 Å². The number of anilines is 2. The smallest absolute Gasteiger partial charge is 0.231 e. The molecule has 0 radical (unpaired) electrons. The van der Waals surface area contributed by atoms with Crippen molar-refractivity contribution in [3.8, 4) is 6.07 Å². The molecule has 2 aromatic rings. The Morgan fingerprint density at radius 3 is 2.75 bits per heavy atom. The number of nitrogens with zero attached hydrogens (tertiary/aromatic N) is 4. The highest BCUT2D eigenvalue weighted by atomic mass is 16.2. The van der Waals surface area contributed by atoms with E-state index in [2.05, 4.69) is 11.1 Å². The van der Waals surface area contributed by atoms with Gasteiger partial charge in [-0.15, -0.1) is 0 Å². The summed E-state index contributed by atoms with van der Waals surface area (Å²) >= 11 is 0. The molecule has 1 aliphatic rings. The van der Waals surface area contributed by atoms with Crippen LogP contribution in [0.4, 0.5) is 11.5 Å². The summed E-state index contributed by atoms with van der Waals surface area (Å²) in [6.07, 6.45) is 0.774. The Bertz CT molecular complexity index is 782. The van der Waals surface area contributed by atoms with Gasteiger partial charge in [-0.3, -0.25) is 4.79 Å². The molecule has 1 amide bonds. The number of nitriles is 1. The number of benzene rings is 1. The van der Waals surface area contributed by atoms with Gasteiger partial charge in [-0.05, 0) is 37.6 Å². The zero-order chi connectivity index (χ0) is 17.1. The van der Waals surface area contributed by atoms with E-state index in [9.17, 15) is 10.1 Å². The third-order valence-corrected chi connectivity index (χ3v) is 4.45. The number of aryl methyl sites for hydroxylation is 1. The predicted molar refractivity (Wildman–Crippen MR) is 93.9 cm³/mol. The van der Waals surface area contributed by atoms with E-state index in [0.717, 1.165) is 24.3 Å². The Balaban J connectivity index is 1.75. The molecule has 1 aromatic carbocycles. The van der Waals surface area contributed by atoms with Crippen molar-refractivity contribution in [3.05, 3.63) is 53.7 Å². The number of aromatic nitrogens is 1. The summed E-state index contributed by atoms with van der Waals surface area (Å²) in [6.45, 7) is 3.25. The van der Waals surface area contributed by atoms with Gasteiger partial charge in [0.25, 0.3) is 0 Å². The monoisotopic (exact) mass is 320 g/mol. The van der Waals surface area contributed by atoms with E-state index in [-0.39, 0.29) is 11.8 Å². The summed E-state index contributed by atoms with van der Waals surface area (Å²) in [7, 11) is 1.81. The first-order valence-electron chi connectivity index (χ1n) is 8.05. The summed E-state index contributed by atoms with van der Waals surface area (Å²) in [5.41, 5.74) is 2.33. The minimum atomic E-state index is -0.0796. The van der Waals surface area contributed by atoms with Gasteiger partial charge in [-0.1, -0.05) is 18.2 Å². The normalized spacial score (nSPS) is 16.7. The molecule has 0 N–H and O–H groups in total. The standard InChI is InChI=1S/C19H20N4O/c1-14-8-9-15(12-20)18(21-14)23-11-10-16(13-23)19(24)22(2)17-6-4-3-5-7-17/h3-9,16H,10-11,13H2,1-2H3/t16-/m1/s1. The lowest BCUT2D eigenvalue weighted by Gasteiger charge is -2.22. The van der Waals surface area contributed by atoms with Crippen molar-refractivity contribution in [3.63, 3.8) is 0 Å². The Labute approximate surface area is 142 Å². The van der Waals surface area contributed by atoms with Crippen LogP contribution in [0.5, 0.6) is 0 Å². The van der Waals surface area contributed by atoms with E-state index in [1.165, 1.54) is 0 Å². The average molecular weight is 320 g/mol. The van der Waals surface area contributed by atoms with Crippen LogP contribution < -0.4 is 9.80 Å². The third-order valence-electron chi connectivity index (χ3n) is 4.45. The number of para-hydroxylation sites is 1. The number of carbonyl (C=O) groups excluding carboxylic acids is 1. The molecule has 0 aliphatic carbocycles. The predicted octanol–water partition coefficient (Wildman–Crippen LogP) is 2.75. The highest BCUT2D eigenvalue weighted by Gasteiger charge is 2.32. The zero-order valence-electron chi connectivity index (χ0n) is 13.9. The molecular weight excluding hydrogens is 300 g/mol. The van der Waals surface area contributed by atoms with Gasteiger partial charge in [0.05, 0.1) is 11.5 Å². The summed E-state index contributed by atoms with van der Waals surface area (Å²) in [5.74, 6) is 0.717. The van der Waals surface area contributed by atoms with Gasteiger partial charge < -0.3 is 9.80 Å². The van der Waals surface area contributed by atoms with Crippen molar-refractivity contribution in [2.75, 3.05) is 29.9 Å². The number of pyridine rings is 1. The van der Waals surface area contributed by atoms with Gasteiger partial charge in [0, 0.05) is 31.5 Å². The van der Waals surface area contributed by atoms with Crippen molar-refractivity contribution in [2.45, 2.75) is 13.3 Å². The van der Waals surface area contributed by atoms with Crippen molar-refractivity contribution >= 4 is 17.4 Å². The summed E-state index contributed by atoms with van der Waals surface area (Å²) in [4.78, 5) is 21.0. The van der Waals surface area contributed by atoms with Gasteiger partial charge >= 0.3 is 0 Å². The quantitative estimate of drug-likeness (QED) is 0.872. The maximum Gasteiger partial charge on any atom is 0.231 e. The maximum absolute atomic E-state index is 12.8. The Kier molecular flexibility index (Phi) is 4.48. The molecule has 3 rings (SSSR count). The minimum absolute atomic E-state index is 0.0796. The molecule has 0 unspecified atom stereocenters. The van der Waals surface area contributed by atoms with Crippen LogP contribution in [0.1, 0.15) is 17.7 Å². The fourth-order valence-electron chi connectivity index (χ4n) is 3.08. The van der Waals surface area contributed by atoms with E-state index in [4.69, 9.17) is 0 Å². The molecule has 5 nitrogen and oxygen atoms in total. The molecule has 0 bridgehead atoms. The number of amides is 1. The largest absolute Gasteiger partial charge is 0.355 e. The third kappa shape index (κ3) is 3.09. The van der Waals surface area contributed by atoms with Crippen LogP contribution >= 0.6 is 0 Å². The van der Waals surface area contributed by atoms with Crippen LogP contribution in [-0.2, 0) is 4.79 Å². The number of rotatable bonds is 3. The second-order valence-corrected chi connectivity index (χ2v) is 6.10. The van der Waals surface area contributed by atoms with Gasteiger partial charge in [0.2, 0.25) is 5.91 Å². The molecule has 2 heterocycles. The number of hydrogen-bond acceptors (Lipinski definition) is 4. The second-order valence-electron chi connectivity index (χ2n) is 6.10. The molecule has 1 atom stereocenters. The van der Waals surface area contributed by atoms with E-state index in [1.807, 2.05) is 55.3 Å². The molecule has 0 spiro atoms. The second kappa shape index (κ2) is 6.71. The van der Waals surface area contributed by atoms with E-state index in [0.29, 0.717) is 17.9 Å². The molecule has 24 heavy (non-hydrogen) atoms. The fourth-order valence-corrected chi connectivity index (χ4v) is 3.08. The topological polar surface area (TPSA) is 60.2 Å². The highest BCUT2D eigenvalue weighted by molar-refractivity contribution is 5.95. The number of hydrogen-bond donors (Lipinski definition) is 0. The molecule has 1 saturated heterocycles. The van der Waals surface area contributed by atoms with Crippen LogP contribution in [0.25, 0.3) is 0 Å². The SMILES string of the molecule is Cc1ccc(C#N)c(N2CC[C@@H](C(=O)N(C)c3ccccc3)C2)n1. The molecule has 1 aromatic heterocycles. The first-order chi connectivity index (χ1) is 11.6. The van der Waals surface area contributed by atoms with Gasteiger partial charge in [0.15, 0.2) is 0 Å². The van der Waals surface area contributed by atoms with Crippen LogP contribution in [0.3, 0.4) is 0 Å². The molecule has 122 valence electrons. The Hall–Kier alpha value is -2.87. The van der Waals surface area contributed by atoms with Gasteiger partial charge in [-0.25, -0.2) is 4.98 Å². The highest BCUT2D eigenvalue weighted by Crippen LogP contribution is 2.27. The molecular formula is C19H20N4O. The Morgan fingerprint density at radius 2 is 2.04 bits per heavy atom.